The summed E-state index contributed by atoms with van der Waals surface area (Å²) in [7, 11) is -2.03. The zero-order valence-electron chi connectivity index (χ0n) is 16.0. The Hall–Kier alpha value is -2.82. The average Bonchev–Trinajstić information content (AvgIpc) is 3.03. The minimum absolute atomic E-state index is 0.0621. The van der Waals surface area contributed by atoms with Gasteiger partial charge in [0.1, 0.15) is 5.82 Å². The summed E-state index contributed by atoms with van der Waals surface area (Å²) in [5.41, 5.74) is 1.56. The van der Waals surface area contributed by atoms with Crippen molar-refractivity contribution in [3.05, 3.63) is 87.4 Å². The second-order valence-electron chi connectivity index (χ2n) is 6.61. The van der Waals surface area contributed by atoms with Crippen molar-refractivity contribution in [2.75, 3.05) is 4.72 Å². The van der Waals surface area contributed by atoms with Gasteiger partial charge in [0, 0.05) is 22.8 Å². The number of aryl methyl sites for hydroxylation is 1. The van der Waals surface area contributed by atoms with E-state index in [2.05, 4.69) is 25.6 Å². The highest BCUT2D eigenvalue weighted by Crippen LogP contribution is 2.22. The van der Waals surface area contributed by atoms with E-state index in [9.17, 15) is 17.6 Å². The standard InChI is InChI=1S/C21H15BrFN3O3S2/c1-26-18-11-4-14(22)12-19(18)30-21(26)24-20(27)13-2-7-16(8-3-13)25-31(28,29)17-9-5-15(23)6-10-17/h2-12,25H,1H3. The first-order valence-corrected chi connectivity index (χ1v) is 12.0. The number of sulfonamides is 1. The molecule has 0 spiro atoms. The van der Waals surface area contributed by atoms with Crippen molar-refractivity contribution in [1.82, 2.24) is 4.57 Å². The number of hydrogen-bond donors (Lipinski definition) is 1. The Labute approximate surface area is 189 Å². The normalized spacial score (nSPS) is 12.3. The molecular formula is C21H15BrFN3O3S2. The Morgan fingerprint density at radius 3 is 2.42 bits per heavy atom. The smallest absolute Gasteiger partial charge is 0.279 e. The molecule has 0 unspecified atom stereocenters. The third-order valence-corrected chi connectivity index (χ3v) is 7.46. The minimum Gasteiger partial charge on any atom is -0.319 e. The van der Waals surface area contributed by atoms with Crippen LogP contribution in [0.1, 0.15) is 10.4 Å². The summed E-state index contributed by atoms with van der Waals surface area (Å²) >= 11 is 4.83. The van der Waals surface area contributed by atoms with Gasteiger partial charge in [0.25, 0.3) is 15.9 Å². The molecule has 0 bridgehead atoms. The lowest BCUT2D eigenvalue weighted by Crippen LogP contribution is -2.14. The van der Waals surface area contributed by atoms with Gasteiger partial charge in [0.15, 0.2) is 4.80 Å². The van der Waals surface area contributed by atoms with Gasteiger partial charge < -0.3 is 4.57 Å². The van der Waals surface area contributed by atoms with Gasteiger partial charge in [-0.25, -0.2) is 12.8 Å². The van der Waals surface area contributed by atoms with E-state index in [1.165, 1.54) is 47.7 Å². The number of anilines is 1. The maximum absolute atomic E-state index is 13.0. The van der Waals surface area contributed by atoms with Crippen LogP contribution in [-0.4, -0.2) is 18.9 Å². The topological polar surface area (TPSA) is 80.5 Å². The lowest BCUT2D eigenvalue weighted by atomic mass is 10.2. The Bertz CT molecular complexity index is 1460. The van der Waals surface area contributed by atoms with Crippen LogP contribution in [0.4, 0.5) is 10.1 Å². The summed E-state index contributed by atoms with van der Waals surface area (Å²) in [4.78, 5) is 17.3. The van der Waals surface area contributed by atoms with E-state index in [1.54, 1.807) is 0 Å². The van der Waals surface area contributed by atoms with E-state index >= 15 is 0 Å². The van der Waals surface area contributed by atoms with Gasteiger partial charge in [0.2, 0.25) is 0 Å². The van der Waals surface area contributed by atoms with Crippen LogP contribution in [0.25, 0.3) is 10.2 Å². The molecule has 158 valence electrons. The molecule has 1 amide bonds. The Balaban J connectivity index is 1.57. The quantitative estimate of drug-likeness (QED) is 0.424. The molecule has 0 aliphatic carbocycles. The summed E-state index contributed by atoms with van der Waals surface area (Å²) in [6, 6.07) is 16.3. The van der Waals surface area contributed by atoms with Gasteiger partial charge in [-0.1, -0.05) is 27.3 Å². The van der Waals surface area contributed by atoms with Gasteiger partial charge >= 0.3 is 0 Å². The first-order chi connectivity index (χ1) is 14.7. The Morgan fingerprint density at radius 2 is 1.74 bits per heavy atom. The molecule has 31 heavy (non-hydrogen) atoms. The molecule has 1 aromatic heterocycles. The minimum atomic E-state index is -3.87. The van der Waals surface area contributed by atoms with Crippen LogP contribution in [0.15, 0.2) is 81.1 Å². The molecule has 4 aromatic rings. The van der Waals surface area contributed by atoms with Crippen molar-refractivity contribution in [3.63, 3.8) is 0 Å². The summed E-state index contributed by atoms with van der Waals surface area (Å²) in [6.07, 6.45) is 0. The van der Waals surface area contributed by atoms with Crippen molar-refractivity contribution in [2.24, 2.45) is 12.0 Å². The molecule has 0 aliphatic heterocycles. The number of carbonyl (C=O) groups excluding carboxylic acids is 1. The molecule has 1 N–H and O–H groups in total. The maximum Gasteiger partial charge on any atom is 0.279 e. The molecule has 0 atom stereocenters. The van der Waals surface area contributed by atoms with E-state index in [0.717, 1.165) is 26.8 Å². The van der Waals surface area contributed by atoms with Crippen molar-refractivity contribution >= 4 is 59.1 Å². The highest BCUT2D eigenvalue weighted by atomic mass is 79.9. The number of hydrogen-bond acceptors (Lipinski definition) is 4. The van der Waals surface area contributed by atoms with Crippen molar-refractivity contribution in [3.8, 4) is 0 Å². The van der Waals surface area contributed by atoms with Gasteiger partial charge in [-0.2, -0.15) is 4.99 Å². The van der Waals surface area contributed by atoms with Crippen molar-refractivity contribution in [1.29, 1.82) is 0 Å². The zero-order chi connectivity index (χ0) is 22.2. The number of thiazole rings is 1. The summed E-state index contributed by atoms with van der Waals surface area (Å²) in [5.74, 6) is -0.959. The Morgan fingerprint density at radius 1 is 1.06 bits per heavy atom. The van der Waals surface area contributed by atoms with E-state index in [4.69, 9.17) is 0 Å². The number of halogens is 2. The van der Waals surface area contributed by atoms with Crippen LogP contribution < -0.4 is 9.52 Å². The van der Waals surface area contributed by atoms with E-state index in [-0.39, 0.29) is 10.6 Å². The van der Waals surface area contributed by atoms with Gasteiger partial charge in [-0.3, -0.25) is 9.52 Å². The molecule has 4 rings (SSSR count). The molecule has 1 heterocycles. The Kier molecular flexibility index (Phi) is 5.78. The van der Waals surface area contributed by atoms with Crippen LogP contribution in [0.3, 0.4) is 0 Å². The number of aromatic nitrogens is 1. The molecular weight excluding hydrogens is 505 g/mol. The fraction of sp³-hybridized carbons (Fsp3) is 0.0476. The monoisotopic (exact) mass is 519 g/mol. The summed E-state index contributed by atoms with van der Waals surface area (Å²) < 4.78 is 44.0. The van der Waals surface area contributed by atoms with E-state index < -0.39 is 21.7 Å². The van der Waals surface area contributed by atoms with Crippen LogP contribution in [0, 0.1) is 5.82 Å². The first-order valence-electron chi connectivity index (χ1n) is 8.95. The highest BCUT2D eigenvalue weighted by Gasteiger charge is 2.15. The lowest BCUT2D eigenvalue weighted by Gasteiger charge is -2.08. The molecule has 0 saturated heterocycles. The third-order valence-electron chi connectivity index (χ3n) is 4.48. The molecule has 0 fully saturated rings. The fourth-order valence-electron chi connectivity index (χ4n) is 2.87. The largest absolute Gasteiger partial charge is 0.319 e. The second kappa shape index (κ2) is 8.37. The third kappa shape index (κ3) is 4.60. The second-order valence-corrected chi connectivity index (χ2v) is 10.2. The number of nitrogens with zero attached hydrogens (tertiary/aromatic N) is 2. The van der Waals surface area contributed by atoms with Gasteiger partial charge in [-0.05, 0) is 66.7 Å². The van der Waals surface area contributed by atoms with Crippen LogP contribution in [0.5, 0.6) is 0 Å². The summed E-state index contributed by atoms with van der Waals surface area (Å²) in [6.45, 7) is 0. The zero-order valence-corrected chi connectivity index (χ0v) is 19.3. The maximum atomic E-state index is 13.0. The van der Waals surface area contributed by atoms with Crippen LogP contribution in [-0.2, 0) is 17.1 Å². The van der Waals surface area contributed by atoms with Crippen molar-refractivity contribution < 1.29 is 17.6 Å². The molecule has 6 nitrogen and oxygen atoms in total. The number of benzene rings is 3. The number of fused-ring (bicyclic) bond motifs is 1. The average molecular weight is 520 g/mol. The predicted octanol–water partition coefficient (Wildman–Crippen LogP) is 4.68. The van der Waals surface area contributed by atoms with E-state index in [0.29, 0.717) is 10.4 Å². The number of amides is 1. The SMILES string of the molecule is Cn1c(=NC(=O)c2ccc(NS(=O)(=O)c3ccc(F)cc3)cc2)sc2cc(Br)ccc21. The van der Waals surface area contributed by atoms with Crippen LogP contribution >= 0.6 is 27.3 Å². The number of nitrogens with one attached hydrogen (secondary N) is 1. The number of carbonyl (C=O) groups is 1. The molecule has 10 heteroatoms. The fourth-order valence-corrected chi connectivity index (χ4v) is 5.50. The molecule has 0 aliphatic rings. The molecule has 0 saturated carbocycles. The van der Waals surface area contributed by atoms with E-state index in [1.807, 2.05) is 29.8 Å². The lowest BCUT2D eigenvalue weighted by molar-refractivity contribution is 0.0998. The highest BCUT2D eigenvalue weighted by molar-refractivity contribution is 9.10. The summed E-state index contributed by atoms with van der Waals surface area (Å²) in [5, 5.41) is 0. The number of rotatable bonds is 4. The first kappa shape index (κ1) is 21.4. The predicted molar refractivity (Wildman–Crippen MR) is 122 cm³/mol. The van der Waals surface area contributed by atoms with Crippen molar-refractivity contribution in [2.45, 2.75) is 4.90 Å². The van der Waals surface area contributed by atoms with Crippen LogP contribution in [0.2, 0.25) is 0 Å². The van der Waals surface area contributed by atoms with Gasteiger partial charge in [-0.15, -0.1) is 0 Å². The molecule has 3 aromatic carbocycles. The molecule has 0 radical (unpaired) electrons. The van der Waals surface area contributed by atoms with Gasteiger partial charge in [0.05, 0.1) is 15.1 Å².